The summed E-state index contributed by atoms with van der Waals surface area (Å²) in [5.74, 6) is -7.10. The smallest absolute Gasteiger partial charge is 0.317 e. The maximum Gasteiger partial charge on any atom is 0.459 e. The molecule has 0 bridgehead atoms. The number of carbonyl (C=O) groups excluding carboxylic acids is 1. The molecule has 0 spiro atoms. The summed E-state index contributed by atoms with van der Waals surface area (Å²) in [7, 11) is 0. The molecule has 3 heterocycles. The summed E-state index contributed by atoms with van der Waals surface area (Å²) in [5, 5.41) is 10.4. The van der Waals surface area contributed by atoms with Crippen LogP contribution in [0.2, 0.25) is 0 Å². The van der Waals surface area contributed by atoms with Crippen molar-refractivity contribution >= 4 is 17.2 Å². The molecule has 0 unspecified atom stereocenters. The molecular formula is C28H19F9N6O. The fourth-order valence-corrected chi connectivity index (χ4v) is 4.45. The minimum Gasteiger partial charge on any atom is -0.317 e. The number of aromatic nitrogens is 5. The van der Waals surface area contributed by atoms with Crippen LogP contribution in [0.5, 0.6) is 0 Å². The number of hydrogen-bond donors (Lipinski definition) is 1. The molecule has 0 fully saturated rings. The van der Waals surface area contributed by atoms with E-state index in [4.69, 9.17) is 0 Å². The van der Waals surface area contributed by atoms with Crippen molar-refractivity contribution in [3.05, 3.63) is 100 Å². The normalized spacial score (nSPS) is 12.6. The summed E-state index contributed by atoms with van der Waals surface area (Å²) in [5.41, 5.74) is -2.96. The Morgan fingerprint density at radius 3 is 2.20 bits per heavy atom. The number of rotatable bonds is 6. The number of anilines is 1. The third-order valence-corrected chi connectivity index (χ3v) is 6.68. The van der Waals surface area contributed by atoms with Crippen LogP contribution in [-0.4, -0.2) is 36.5 Å². The standard InChI is InChI=1S/C28H19F9N6O/c1-14-24(15(2)42(40-14)13-16-4-3-5-18(10-16)27(32,33)34)39-25(44)21-12-23-38-20(17-6-8-19(29)9-7-17)11-22(43(23)41-21)26(30,31)28(35,36)37/h3-12H,13H2,1-2H3,(H,39,44). The van der Waals surface area contributed by atoms with Crippen molar-refractivity contribution in [2.75, 3.05) is 5.32 Å². The molecule has 5 rings (SSSR count). The fraction of sp³-hybridized carbons (Fsp3) is 0.214. The van der Waals surface area contributed by atoms with Crippen LogP contribution in [0.4, 0.5) is 45.2 Å². The summed E-state index contributed by atoms with van der Waals surface area (Å²) in [4.78, 5) is 17.2. The minimum absolute atomic E-state index is 0.0276. The first-order valence-corrected chi connectivity index (χ1v) is 12.6. The van der Waals surface area contributed by atoms with Crippen LogP contribution < -0.4 is 5.32 Å². The molecule has 0 aliphatic rings. The summed E-state index contributed by atoms with van der Waals surface area (Å²) < 4.78 is 124. The van der Waals surface area contributed by atoms with Gasteiger partial charge < -0.3 is 5.32 Å². The Kier molecular flexibility index (Phi) is 7.42. The van der Waals surface area contributed by atoms with E-state index in [9.17, 15) is 44.3 Å². The van der Waals surface area contributed by atoms with Crippen LogP contribution in [0.1, 0.15) is 38.7 Å². The largest absolute Gasteiger partial charge is 0.459 e. The molecule has 3 aromatic heterocycles. The number of nitrogens with zero attached hydrogens (tertiary/aromatic N) is 5. The number of nitrogens with one attached hydrogen (secondary N) is 1. The van der Waals surface area contributed by atoms with Gasteiger partial charge in [0, 0.05) is 11.6 Å². The van der Waals surface area contributed by atoms with Gasteiger partial charge in [-0.25, -0.2) is 13.9 Å². The first kappa shape index (κ1) is 30.6. The van der Waals surface area contributed by atoms with Crippen LogP contribution in [-0.2, 0) is 18.6 Å². The second-order valence-corrected chi connectivity index (χ2v) is 9.76. The highest BCUT2D eigenvalue weighted by molar-refractivity contribution is 6.04. The summed E-state index contributed by atoms with van der Waals surface area (Å²) >= 11 is 0. The molecule has 230 valence electrons. The van der Waals surface area contributed by atoms with Crippen LogP contribution in [0.15, 0.2) is 60.7 Å². The molecule has 2 aromatic carbocycles. The minimum atomic E-state index is -6.03. The Bertz CT molecular complexity index is 1870. The second kappa shape index (κ2) is 10.7. The van der Waals surface area contributed by atoms with E-state index in [1.807, 2.05) is 0 Å². The van der Waals surface area contributed by atoms with Crippen molar-refractivity contribution in [2.45, 2.75) is 38.7 Å². The van der Waals surface area contributed by atoms with E-state index in [1.165, 1.54) is 30.7 Å². The van der Waals surface area contributed by atoms with E-state index in [1.54, 1.807) is 0 Å². The molecule has 0 saturated carbocycles. The van der Waals surface area contributed by atoms with Gasteiger partial charge in [0.25, 0.3) is 5.91 Å². The molecule has 16 heteroatoms. The van der Waals surface area contributed by atoms with E-state index in [2.05, 4.69) is 20.5 Å². The number of carbonyl (C=O) groups is 1. The quantitative estimate of drug-likeness (QED) is 0.201. The Hall–Kier alpha value is -4.89. The van der Waals surface area contributed by atoms with Gasteiger partial charge in [0.2, 0.25) is 0 Å². The molecule has 0 radical (unpaired) electrons. The third kappa shape index (κ3) is 5.70. The van der Waals surface area contributed by atoms with E-state index in [0.717, 1.165) is 42.5 Å². The number of benzene rings is 2. The van der Waals surface area contributed by atoms with E-state index >= 15 is 0 Å². The van der Waals surface area contributed by atoms with Gasteiger partial charge in [-0.15, -0.1) is 0 Å². The number of alkyl halides is 8. The van der Waals surface area contributed by atoms with Gasteiger partial charge >= 0.3 is 18.3 Å². The first-order chi connectivity index (χ1) is 20.5. The Labute approximate surface area is 241 Å². The molecule has 0 atom stereocenters. The number of hydrogen-bond acceptors (Lipinski definition) is 4. The molecule has 44 heavy (non-hydrogen) atoms. The van der Waals surface area contributed by atoms with Crippen molar-refractivity contribution in [3.63, 3.8) is 0 Å². The van der Waals surface area contributed by atoms with Gasteiger partial charge in [-0.3, -0.25) is 9.48 Å². The topological polar surface area (TPSA) is 77.1 Å². The van der Waals surface area contributed by atoms with E-state index < -0.39 is 52.6 Å². The lowest BCUT2D eigenvalue weighted by atomic mass is 10.1. The Morgan fingerprint density at radius 2 is 1.57 bits per heavy atom. The lowest BCUT2D eigenvalue weighted by Crippen LogP contribution is -2.36. The number of halogens is 9. The predicted molar refractivity (Wildman–Crippen MR) is 139 cm³/mol. The maximum atomic E-state index is 14.6. The first-order valence-electron chi connectivity index (χ1n) is 12.6. The maximum absolute atomic E-state index is 14.6. The lowest BCUT2D eigenvalue weighted by molar-refractivity contribution is -0.291. The van der Waals surface area contributed by atoms with Crippen molar-refractivity contribution < 1.29 is 44.3 Å². The van der Waals surface area contributed by atoms with Crippen molar-refractivity contribution in [2.24, 2.45) is 0 Å². The molecule has 1 amide bonds. The van der Waals surface area contributed by atoms with Crippen LogP contribution in [0.3, 0.4) is 0 Å². The highest BCUT2D eigenvalue weighted by Gasteiger charge is 2.60. The van der Waals surface area contributed by atoms with Crippen molar-refractivity contribution in [3.8, 4) is 11.3 Å². The molecule has 0 aliphatic carbocycles. The van der Waals surface area contributed by atoms with Gasteiger partial charge in [-0.1, -0.05) is 12.1 Å². The highest BCUT2D eigenvalue weighted by atomic mass is 19.4. The molecule has 1 N–H and O–H groups in total. The van der Waals surface area contributed by atoms with E-state index in [0.29, 0.717) is 11.8 Å². The molecule has 0 aliphatic heterocycles. The van der Waals surface area contributed by atoms with Crippen LogP contribution in [0, 0.1) is 19.7 Å². The number of aryl methyl sites for hydroxylation is 1. The predicted octanol–water partition coefficient (Wildman–Crippen LogP) is 7.32. The Morgan fingerprint density at radius 1 is 0.886 bits per heavy atom. The average molecular weight is 626 g/mol. The van der Waals surface area contributed by atoms with Gasteiger partial charge in [-0.2, -0.15) is 45.3 Å². The number of amides is 1. The molecule has 7 nitrogen and oxygen atoms in total. The van der Waals surface area contributed by atoms with Gasteiger partial charge in [0.05, 0.1) is 34.9 Å². The SMILES string of the molecule is Cc1nn(Cc2cccc(C(F)(F)F)c2)c(C)c1NC(=O)c1cc2nc(-c3ccc(F)cc3)cc(C(F)(F)C(F)(F)F)n2n1. The summed E-state index contributed by atoms with van der Waals surface area (Å²) in [6, 6.07) is 10.1. The zero-order chi connectivity index (χ0) is 32.2. The number of fused-ring (bicyclic) bond motifs is 1. The Balaban J connectivity index is 1.50. The van der Waals surface area contributed by atoms with Crippen molar-refractivity contribution in [1.29, 1.82) is 0 Å². The highest BCUT2D eigenvalue weighted by Crippen LogP contribution is 2.44. The summed E-state index contributed by atoms with van der Waals surface area (Å²) in [6.45, 7) is 2.92. The monoisotopic (exact) mass is 626 g/mol. The average Bonchev–Trinajstić information content (AvgIpc) is 3.48. The zero-order valence-electron chi connectivity index (χ0n) is 22.5. The van der Waals surface area contributed by atoms with Crippen molar-refractivity contribution in [1.82, 2.24) is 24.4 Å². The molecule has 5 aromatic rings. The van der Waals surface area contributed by atoms with Gasteiger partial charge in [-0.05, 0) is 61.9 Å². The van der Waals surface area contributed by atoms with E-state index in [-0.39, 0.29) is 39.3 Å². The van der Waals surface area contributed by atoms with Gasteiger partial charge in [0.15, 0.2) is 11.3 Å². The molecule has 0 saturated heterocycles. The third-order valence-electron chi connectivity index (χ3n) is 6.68. The zero-order valence-corrected chi connectivity index (χ0v) is 22.5. The molecular weight excluding hydrogens is 607 g/mol. The summed E-state index contributed by atoms with van der Waals surface area (Å²) in [6.07, 6.45) is -10.6. The fourth-order valence-electron chi connectivity index (χ4n) is 4.45. The van der Waals surface area contributed by atoms with Crippen LogP contribution in [0.25, 0.3) is 16.9 Å². The van der Waals surface area contributed by atoms with Gasteiger partial charge in [0.1, 0.15) is 11.5 Å². The van der Waals surface area contributed by atoms with Crippen LogP contribution >= 0.6 is 0 Å². The lowest BCUT2D eigenvalue weighted by Gasteiger charge is -2.21. The second-order valence-electron chi connectivity index (χ2n) is 9.76.